The van der Waals surface area contributed by atoms with E-state index < -0.39 is 0 Å². The maximum atomic E-state index is 13.7. The second-order valence-corrected chi connectivity index (χ2v) is 6.17. The second-order valence-electron chi connectivity index (χ2n) is 6.17. The van der Waals surface area contributed by atoms with Gasteiger partial charge in [-0.1, -0.05) is 0 Å². The quantitative estimate of drug-likeness (QED) is 0.728. The van der Waals surface area contributed by atoms with E-state index in [1.807, 2.05) is 0 Å². The van der Waals surface area contributed by atoms with E-state index in [9.17, 15) is 4.39 Å². The summed E-state index contributed by atoms with van der Waals surface area (Å²) >= 11 is 0. The molecule has 25 heavy (non-hydrogen) atoms. The first kappa shape index (κ1) is 15.7. The second kappa shape index (κ2) is 6.96. The van der Waals surface area contributed by atoms with E-state index in [1.54, 1.807) is 24.7 Å². The normalized spacial score (nSPS) is 17.6. The predicted octanol–water partition coefficient (Wildman–Crippen LogP) is 2.85. The van der Waals surface area contributed by atoms with Crippen LogP contribution in [0.5, 0.6) is 5.88 Å². The summed E-state index contributed by atoms with van der Waals surface area (Å²) in [6.07, 6.45) is 8.50. The summed E-state index contributed by atoms with van der Waals surface area (Å²) in [6.45, 7) is 2.28. The molecule has 1 atom stereocenters. The number of halogens is 1. The first-order valence-corrected chi connectivity index (χ1v) is 8.33. The minimum Gasteiger partial charge on any atom is -0.476 e. The average Bonchev–Trinajstić information content (AvgIpc) is 2.67. The van der Waals surface area contributed by atoms with Crippen molar-refractivity contribution in [3.05, 3.63) is 48.9 Å². The molecule has 3 aromatic rings. The third-order valence-electron chi connectivity index (χ3n) is 4.40. The number of fused-ring (bicyclic) bond motifs is 1. The van der Waals surface area contributed by atoms with Crippen LogP contribution in [0.3, 0.4) is 0 Å². The zero-order valence-corrected chi connectivity index (χ0v) is 13.7. The van der Waals surface area contributed by atoms with Crippen LogP contribution >= 0.6 is 0 Å². The molecule has 1 aliphatic heterocycles. The Bertz CT molecular complexity index is 860. The van der Waals surface area contributed by atoms with Gasteiger partial charge in [0, 0.05) is 36.8 Å². The minimum atomic E-state index is -0.275. The van der Waals surface area contributed by atoms with E-state index in [1.165, 1.54) is 18.5 Å². The van der Waals surface area contributed by atoms with Crippen LogP contribution in [0.15, 0.2) is 43.1 Å². The molecular weight excluding hydrogens is 321 g/mol. The number of benzene rings is 1. The van der Waals surface area contributed by atoms with Gasteiger partial charge in [-0.2, -0.15) is 0 Å². The number of aromatic nitrogens is 4. The van der Waals surface area contributed by atoms with Crippen LogP contribution in [0, 0.1) is 11.7 Å². The number of ether oxygens (including phenoxy) is 1. The Morgan fingerprint density at radius 3 is 3.04 bits per heavy atom. The fraction of sp³-hybridized carbons (Fsp3) is 0.333. The molecular formula is C18H18FN5O. The van der Waals surface area contributed by atoms with Gasteiger partial charge in [0.1, 0.15) is 18.0 Å². The molecule has 1 aromatic carbocycles. The van der Waals surface area contributed by atoms with Gasteiger partial charge < -0.3 is 9.64 Å². The summed E-state index contributed by atoms with van der Waals surface area (Å²) in [7, 11) is 0. The molecule has 0 bridgehead atoms. The van der Waals surface area contributed by atoms with Crippen LogP contribution in [0.2, 0.25) is 0 Å². The average molecular weight is 339 g/mol. The largest absolute Gasteiger partial charge is 0.476 e. The standard InChI is InChI=1S/C18H18FN5O/c19-14-3-4-16-15(8-14)18(23-12-22-16)24-7-1-2-13(10-24)11-25-17-9-20-5-6-21-17/h3-6,8-9,12-13H,1-2,7,10-11H2. The number of hydrogen-bond donors (Lipinski definition) is 0. The summed E-state index contributed by atoms with van der Waals surface area (Å²) in [5, 5.41) is 0.748. The number of anilines is 1. The van der Waals surface area contributed by atoms with Gasteiger partial charge in [-0.05, 0) is 31.0 Å². The molecule has 128 valence electrons. The highest BCUT2D eigenvalue weighted by Gasteiger charge is 2.23. The van der Waals surface area contributed by atoms with Crippen LogP contribution in [0.25, 0.3) is 10.9 Å². The lowest BCUT2D eigenvalue weighted by molar-refractivity contribution is 0.221. The van der Waals surface area contributed by atoms with E-state index in [2.05, 4.69) is 24.8 Å². The summed E-state index contributed by atoms with van der Waals surface area (Å²) in [4.78, 5) is 19.0. The van der Waals surface area contributed by atoms with E-state index >= 15 is 0 Å². The Kier molecular flexibility index (Phi) is 4.37. The molecule has 0 amide bonds. The lowest BCUT2D eigenvalue weighted by Gasteiger charge is -2.33. The van der Waals surface area contributed by atoms with Gasteiger partial charge >= 0.3 is 0 Å². The van der Waals surface area contributed by atoms with E-state index in [-0.39, 0.29) is 5.82 Å². The van der Waals surface area contributed by atoms with Crippen molar-refractivity contribution in [2.24, 2.45) is 5.92 Å². The third-order valence-corrected chi connectivity index (χ3v) is 4.40. The van der Waals surface area contributed by atoms with Crippen LogP contribution in [0.4, 0.5) is 10.2 Å². The lowest BCUT2D eigenvalue weighted by atomic mass is 9.98. The molecule has 1 fully saturated rings. The van der Waals surface area contributed by atoms with Gasteiger partial charge in [0.25, 0.3) is 0 Å². The first-order chi connectivity index (χ1) is 12.3. The Morgan fingerprint density at radius 1 is 1.20 bits per heavy atom. The lowest BCUT2D eigenvalue weighted by Crippen LogP contribution is -2.38. The van der Waals surface area contributed by atoms with Crippen LogP contribution < -0.4 is 9.64 Å². The molecule has 0 saturated carbocycles. The van der Waals surface area contributed by atoms with Gasteiger partial charge in [-0.25, -0.2) is 19.3 Å². The van der Waals surface area contributed by atoms with Crippen LogP contribution in [-0.4, -0.2) is 39.6 Å². The maximum Gasteiger partial charge on any atom is 0.232 e. The van der Waals surface area contributed by atoms with Crippen molar-refractivity contribution in [3.8, 4) is 5.88 Å². The molecule has 7 heteroatoms. The van der Waals surface area contributed by atoms with Gasteiger partial charge in [-0.3, -0.25) is 4.98 Å². The molecule has 0 aliphatic carbocycles. The zero-order chi connectivity index (χ0) is 17.1. The number of rotatable bonds is 4. The predicted molar refractivity (Wildman–Crippen MR) is 92.0 cm³/mol. The summed E-state index contributed by atoms with van der Waals surface area (Å²) in [5.41, 5.74) is 0.754. The van der Waals surface area contributed by atoms with Crippen molar-refractivity contribution in [2.75, 3.05) is 24.6 Å². The molecule has 3 heterocycles. The third kappa shape index (κ3) is 3.50. The minimum absolute atomic E-state index is 0.275. The van der Waals surface area contributed by atoms with Crippen molar-refractivity contribution < 1.29 is 9.13 Å². The highest BCUT2D eigenvalue weighted by Crippen LogP contribution is 2.28. The Labute approximate surface area is 144 Å². The highest BCUT2D eigenvalue weighted by atomic mass is 19.1. The van der Waals surface area contributed by atoms with Crippen molar-refractivity contribution >= 4 is 16.7 Å². The number of nitrogens with zero attached hydrogens (tertiary/aromatic N) is 5. The smallest absolute Gasteiger partial charge is 0.232 e. The molecule has 4 rings (SSSR count). The molecule has 6 nitrogen and oxygen atoms in total. The van der Waals surface area contributed by atoms with Crippen LogP contribution in [0.1, 0.15) is 12.8 Å². The molecule has 2 aromatic heterocycles. The summed E-state index contributed by atoms with van der Waals surface area (Å²) < 4.78 is 19.4. The molecule has 0 N–H and O–H groups in total. The van der Waals surface area contributed by atoms with Gasteiger partial charge in [0.05, 0.1) is 18.3 Å². The molecule has 1 unspecified atom stereocenters. The van der Waals surface area contributed by atoms with Crippen molar-refractivity contribution in [3.63, 3.8) is 0 Å². The van der Waals surface area contributed by atoms with Crippen molar-refractivity contribution in [1.82, 2.24) is 19.9 Å². The van der Waals surface area contributed by atoms with Crippen molar-refractivity contribution in [2.45, 2.75) is 12.8 Å². The van der Waals surface area contributed by atoms with Gasteiger partial charge in [0.15, 0.2) is 0 Å². The first-order valence-electron chi connectivity index (χ1n) is 8.33. The Morgan fingerprint density at radius 2 is 2.16 bits per heavy atom. The Hall–Kier alpha value is -2.83. The topological polar surface area (TPSA) is 64.0 Å². The molecule has 0 spiro atoms. The highest BCUT2D eigenvalue weighted by molar-refractivity contribution is 5.89. The molecule has 0 radical (unpaired) electrons. The summed E-state index contributed by atoms with van der Waals surface area (Å²) in [6, 6.07) is 4.62. The Balaban J connectivity index is 1.50. The summed E-state index contributed by atoms with van der Waals surface area (Å²) in [5.74, 6) is 1.40. The fourth-order valence-corrected chi connectivity index (χ4v) is 3.22. The van der Waals surface area contributed by atoms with Crippen molar-refractivity contribution in [1.29, 1.82) is 0 Å². The van der Waals surface area contributed by atoms with E-state index in [0.717, 1.165) is 42.7 Å². The zero-order valence-electron chi connectivity index (χ0n) is 13.7. The van der Waals surface area contributed by atoms with Gasteiger partial charge in [-0.15, -0.1) is 0 Å². The monoisotopic (exact) mass is 339 g/mol. The van der Waals surface area contributed by atoms with Crippen LogP contribution in [-0.2, 0) is 0 Å². The SMILES string of the molecule is Fc1ccc2ncnc(N3CCCC(COc4cnccn4)C3)c2c1. The van der Waals surface area contributed by atoms with E-state index in [0.29, 0.717) is 18.4 Å². The number of piperidine rings is 1. The fourth-order valence-electron chi connectivity index (χ4n) is 3.22. The molecule has 1 aliphatic rings. The van der Waals surface area contributed by atoms with Gasteiger partial charge in [0.2, 0.25) is 5.88 Å². The number of hydrogen-bond acceptors (Lipinski definition) is 6. The molecule has 1 saturated heterocycles. The van der Waals surface area contributed by atoms with E-state index in [4.69, 9.17) is 4.74 Å². The maximum absolute atomic E-state index is 13.7.